The van der Waals surface area contributed by atoms with Gasteiger partial charge in [0.25, 0.3) is 0 Å². The van der Waals surface area contributed by atoms with Crippen molar-refractivity contribution >= 4 is 38.4 Å². The molecule has 1 saturated carbocycles. The van der Waals surface area contributed by atoms with Gasteiger partial charge in [-0.2, -0.15) is 0 Å². The number of aromatic nitrogens is 4. The summed E-state index contributed by atoms with van der Waals surface area (Å²) in [5.74, 6) is 4.94. The molecule has 0 amide bonds. The topological polar surface area (TPSA) is 90.9 Å². The van der Waals surface area contributed by atoms with E-state index in [1.807, 2.05) is 4.57 Å². The fourth-order valence-corrected chi connectivity index (χ4v) is 5.51. The van der Waals surface area contributed by atoms with Crippen molar-refractivity contribution in [1.29, 1.82) is 0 Å². The maximum absolute atomic E-state index is 15.2. The number of hydrogen-bond donors (Lipinski definition) is 2. The smallest absolute Gasteiger partial charge is 0.168 e. The summed E-state index contributed by atoms with van der Waals surface area (Å²) in [7, 11) is 1.65. The first-order valence-corrected chi connectivity index (χ1v) is 11.5. The van der Waals surface area contributed by atoms with E-state index >= 15 is 4.39 Å². The molecule has 0 spiro atoms. The molecule has 1 aliphatic heterocycles. The molecule has 1 unspecified atom stereocenters. The Bertz CT molecular complexity index is 1480. The average molecular weight is 467 g/mol. The van der Waals surface area contributed by atoms with Gasteiger partial charge in [0.1, 0.15) is 29.1 Å². The lowest BCUT2D eigenvalue weighted by atomic mass is 10.1. The van der Waals surface area contributed by atoms with Crippen molar-refractivity contribution in [2.75, 3.05) is 19.5 Å². The molecule has 0 saturated heterocycles. The molecule has 1 fully saturated rings. The lowest BCUT2D eigenvalue weighted by Gasteiger charge is -2.26. The highest BCUT2D eigenvalue weighted by molar-refractivity contribution is 7.18. The monoisotopic (exact) mass is 466 g/mol. The van der Waals surface area contributed by atoms with Crippen molar-refractivity contribution in [3.8, 4) is 11.8 Å². The second kappa shape index (κ2) is 7.73. The second-order valence-electron chi connectivity index (χ2n) is 8.39. The zero-order valence-corrected chi connectivity index (χ0v) is 18.6. The number of ether oxygens (including phenoxy) is 1. The first kappa shape index (κ1) is 20.5. The number of nitrogens with two attached hydrogens (primary N) is 1. The molecule has 6 rings (SSSR count). The first-order chi connectivity index (χ1) is 16.0. The van der Waals surface area contributed by atoms with E-state index in [0.717, 1.165) is 23.5 Å². The molecular formula is C23H20F2N6OS. The van der Waals surface area contributed by atoms with Gasteiger partial charge in [-0.25, -0.2) is 23.7 Å². The van der Waals surface area contributed by atoms with Crippen LogP contribution < -0.4 is 11.1 Å². The molecule has 0 radical (unpaired) electrons. The zero-order chi connectivity index (χ0) is 22.7. The van der Waals surface area contributed by atoms with Crippen LogP contribution in [0.15, 0.2) is 12.4 Å². The predicted molar refractivity (Wildman–Crippen MR) is 122 cm³/mol. The minimum Gasteiger partial charge on any atom is -0.383 e. The minimum atomic E-state index is -0.722. The quantitative estimate of drug-likeness (QED) is 0.451. The van der Waals surface area contributed by atoms with Crippen LogP contribution in [0.2, 0.25) is 0 Å². The largest absolute Gasteiger partial charge is 0.383 e. The van der Waals surface area contributed by atoms with Crippen molar-refractivity contribution in [2.24, 2.45) is 0 Å². The SMILES string of the molecule is COCC1Cn2c(c(C#Cc3c(F)cc4sc(C5CC5)nc4c3F)c3c(N)ncnc32)CN1. The Kier molecular flexibility index (Phi) is 4.79. The summed E-state index contributed by atoms with van der Waals surface area (Å²) in [6.45, 7) is 1.64. The number of hydrogen-bond acceptors (Lipinski definition) is 7. The lowest BCUT2D eigenvalue weighted by molar-refractivity contribution is 0.152. The molecule has 2 aliphatic rings. The number of nitrogens with one attached hydrogen (secondary N) is 1. The maximum atomic E-state index is 15.2. The van der Waals surface area contributed by atoms with Crippen molar-refractivity contribution in [3.63, 3.8) is 0 Å². The Morgan fingerprint density at radius 1 is 1.27 bits per heavy atom. The fourth-order valence-electron chi connectivity index (χ4n) is 4.35. The number of thiazole rings is 1. The standard InChI is InChI=1S/C23H20F2N6OS/c1-32-9-12-8-31-16(7-27-12)14(18-21(26)28-10-29-22(18)31)5-4-13-15(24)6-17-20(19(13)25)30-23(33-17)11-2-3-11/h6,10-12,27H,2-3,7-9H2,1H3,(H2,26,28,29). The third-order valence-corrected chi connectivity index (χ3v) is 7.30. The molecule has 168 valence electrons. The summed E-state index contributed by atoms with van der Waals surface area (Å²) >= 11 is 1.35. The van der Waals surface area contributed by atoms with Crippen LogP contribution in [0.1, 0.15) is 40.6 Å². The van der Waals surface area contributed by atoms with Crippen LogP contribution in [0.4, 0.5) is 14.6 Å². The van der Waals surface area contributed by atoms with Gasteiger partial charge in [0.15, 0.2) is 5.82 Å². The predicted octanol–water partition coefficient (Wildman–Crippen LogP) is 3.30. The molecule has 3 N–H and O–H groups in total. The Labute approximate surface area is 192 Å². The van der Waals surface area contributed by atoms with Crippen LogP contribution in [-0.4, -0.2) is 39.3 Å². The van der Waals surface area contributed by atoms with E-state index in [-0.39, 0.29) is 22.9 Å². The highest BCUT2D eigenvalue weighted by Crippen LogP contribution is 2.44. The van der Waals surface area contributed by atoms with Gasteiger partial charge in [-0.15, -0.1) is 11.3 Å². The fraction of sp³-hybridized carbons (Fsp3) is 0.348. The third kappa shape index (κ3) is 3.35. The van der Waals surface area contributed by atoms with Crippen LogP contribution >= 0.6 is 11.3 Å². The molecule has 10 heteroatoms. The molecule has 3 aromatic heterocycles. The van der Waals surface area contributed by atoms with Crippen molar-refractivity contribution < 1.29 is 13.5 Å². The van der Waals surface area contributed by atoms with Crippen molar-refractivity contribution in [3.05, 3.63) is 45.9 Å². The molecule has 1 atom stereocenters. The first-order valence-electron chi connectivity index (χ1n) is 10.7. The number of halogens is 2. The summed E-state index contributed by atoms with van der Waals surface area (Å²) in [4.78, 5) is 12.9. The maximum Gasteiger partial charge on any atom is 0.168 e. The number of rotatable bonds is 3. The number of nitrogens with zero attached hydrogens (tertiary/aromatic N) is 4. The van der Waals surface area contributed by atoms with Gasteiger partial charge in [-0.1, -0.05) is 11.8 Å². The molecule has 1 aliphatic carbocycles. The van der Waals surface area contributed by atoms with Crippen LogP contribution in [-0.2, 0) is 17.8 Å². The van der Waals surface area contributed by atoms with Crippen LogP contribution in [0.5, 0.6) is 0 Å². The number of nitrogen functional groups attached to an aromatic ring is 1. The zero-order valence-electron chi connectivity index (χ0n) is 17.8. The summed E-state index contributed by atoms with van der Waals surface area (Å²) in [5.41, 5.74) is 8.13. The molecule has 1 aromatic carbocycles. The number of anilines is 1. The van der Waals surface area contributed by atoms with Gasteiger partial charge >= 0.3 is 0 Å². The molecule has 0 bridgehead atoms. The van der Waals surface area contributed by atoms with Gasteiger partial charge in [0.2, 0.25) is 0 Å². The normalized spacial score (nSPS) is 17.8. The summed E-state index contributed by atoms with van der Waals surface area (Å²) in [6, 6.07) is 1.42. The van der Waals surface area contributed by atoms with Gasteiger partial charge in [0.05, 0.1) is 32.8 Å². The average Bonchev–Trinajstić information content (AvgIpc) is 3.49. The van der Waals surface area contributed by atoms with E-state index in [0.29, 0.717) is 46.9 Å². The number of benzene rings is 1. The molecule has 7 nitrogen and oxygen atoms in total. The number of fused-ring (bicyclic) bond motifs is 4. The Balaban J connectivity index is 1.49. The minimum absolute atomic E-state index is 0.0951. The highest BCUT2D eigenvalue weighted by Gasteiger charge is 2.29. The van der Waals surface area contributed by atoms with E-state index in [1.165, 1.54) is 23.7 Å². The van der Waals surface area contributed by atoms with Gasteiger partial charge in [-0.3, -0.25) is 0 Å². The molecule has 33 heavy (non-hydrogen) atoms. The molecule has 4 aromatic rings. The Hall–Kier alpha value is -3.13. The van der Waals surface area contributed by atoms with Crippen LogP contribution in [0, 0.1) is 23.5 Å². The second-order valence-corrected chi connectivity index (χ2v) is 9.46. The van der Waals surface area contributed by atoms with Crippen LogP contribution in [0.25, 0.3) is 21.3 Å². The van der Waals surface area contributed by atoms with E-state index in [2.05, 4.69) is 32.1 Å². The van der Waals surface area contributed by atoms with Crippen LogP contribution in [0.3, 0.4) is 0 Å². The Morgan fingerprint density at radius 2 is 2.09 bits per heavy atom. The van der Waals surface area contributed by atoms with Gasteiger partial charge in [0, 0.05) is 37.9 Å². The van der Waals surface area contributed by atoms with Gasteiger partial charge in [-0.05, 0) is 18.9 Å². The van der Waals surface area contributed by atoms with E-state index in [9.17, 15) is 4.39 Å². The van der Waals surface area contributed by atoms with E-state index in [4.69, 9.17) is 10.5 Å². The summed E-state index contributed by atoms with van der Waals surface area (Å²) in [5, 5.41) is 4.85. The Morgan fingerprint density at radius 3 is 2.88 bits per heavy atom. The third-order valence-electron chi connectivity index (χ3n) is 6.14. The lowest BCUT2D eigenvalue weighted by Crippen LogP contribution is -2.41. The summed E-state index contributed by atoms with van der Waals surface area (Å²) < 4.78 is 37.9. The number of methoxy groups -OCH3 is 1. The van der Waals surface area contributed by atoms with Crippen molar-refractivity contribution in [2.45, 2.75) is 37.9 Å². The van der Waals surface area contributed by atoms with Crippen molar-refractivity contribution in [1.82, 2.24) is 24.8 Å². The summed E-state index contributed by atoms with van der Waals surface area (Å²) in [6.07, 6.45) is 3.50. The highest BCUT2D eigenvalue weighted by atomic mass is 32.1. The molecular weight excluding hydrogens is 446 g/mol. The van der Waals surface area contributed by atoms with E-state index in [1.54, 1.807) is 7.11 Å². The molecule has 4 heterocycles. The van der Waals surface area contributed by atoms with Gasteiger partial charge < -0.3 is 20.4 Å². The van der Waals surface area contributed by atoms with E-state index < -0.39 is 11.6 Å².